The molecule has 0 unspecified atom stereocenters. The molecule has 0 radical (unpaired) electrons. The summed E-state index contributed by atoms with van der Waals surface area (Å²) in [6, 6.07) is 8.71. The average Bonchev–Trinajstić information content (AvgIpc) is 2.95. The van der Waals surface area contributed by atoms with E-state index in [0.29, 0.717) is 5.75 Å². The molecule has 0 fully saturated rings. The number of rotatable bonds is 0. The summed E-state index contributed by atoms with van der Waals surface area (Å²) in [7, 11) is 1.35. The van der Waals surface area contributed by atoms with Gasteiger partial charge in [0.2, 0.25) is 0 Å². The Bertz CT molecular complexity index is 601. The molecule has 2 aliphatic rings. The van der Waals surface area contributed by atoms with Crippen LogP contribution in [0.5, 0.6) is 5.75 Å². The van der Waals surface area contributed by atoms with E-state index >= 15 is 0 Å². The Labute approximate surface area is 136 Å². The van der Waals surface area contributed by atoms with Crippen molar-refractivity contribution in [3.05, 3.63) is 66.0 Å². The van der Waals surface area contributed by atoms with Crippen molar-refractivity contribution in [3.63, 3.8) is 0 Å². The van der Waals surface area contributed by atoms with Crippen molar-refractivity contribution in [2.45, 2.75) is 25.9 Å². The van der Waals surface area contributed by atoms with Crippen LogP contribution in [0.25, 0.3) is 0 Å². The number of ether oxygens (including phenoxy) is 1. The number of hydrogen-bond acceptors (Lipinski definition) is 3. The van der Waals surface area contributed by atoms with E-state index in [1.165, 1.54) is 12.6 Å². The van der Waals surface area contributed by atoms with Gasteiger partial charge in [0.05, 0.1) is 0 Å². The van der Waals surface area contributed by atoms with Crippen molar-refractivity contribution in [1.29, 1.82) is 0 Å². The van der Waals surface area contributed by atoms with Crippen molar-refractivity contribution in [1.82, 2.24) is 5.32 Å². The fourth-order valence-electron chi connectivity index (χ4n) is 1.80. The minimum atomic E-state index is -0.995. The number of aromatic hydroxyl groups is 1. The van der Waals surface area contributed by atoms with E-state index in [1.54, 1.807) is 24.3 Å². The molecule has 1 amide bonds. The number of phenolic OH excluding ortho intramolecular Hbond substituents is 1. The van der Waals surface area contributed by atoms with E-state index in [1.807, 2.05) is 23.5 Å². The highest BCUT2D eigenvalue weighted by Gasteiger charge is 2.26. The maximum Gasteiger partial charge on any atom is 0.404 e. The summed E-state index contributed by atoms with van der Waals surface area (Å²) >= 11 is 0. The van der Waals surface area contributed by atoms with Gasteiger partial charge in [-0.3, -0.25) is 0 Å². The van der Waals surface area contributed by atoms with Gasteiger partial charge >= 0.3 is 6.09 Å². The van der Waals surface area contributed by atoms with Crippen LogP contribution in [-0.2, 0) is 4.74 Å². The fraction of sp³-hybridized carbons (Fsp3) is 0.278. The lowest BCUT2D eigenvalue weighted by atomic mass is 9.99. The van der Waals surface area contributed by atoms with Crippen molar-refractivity contribution in [2.75, 3.05) is 7.05 Å². The number of benzene rings is 1. The summed E-state index contributed by atoms with van der Waals surface area (Å²) in [5, 5.41) is 18.2. The predicted octanol–water partition coefficient (Wildman–Crippen LogP) is 3.84. The molecule has 0 saturated heterocycles. The Balaban J connectivity index is 0.000000191. The number of hydrogen-bond donors (Lipinski definition) is 3. The number of nitrogens with one attached hydrogen (secondary N) is 1. The largest absolute Gasteiger partial charge is 0.508 e. The first-order valence-electron chi connectivity index (χ1n) is 7.26. The van der Waals surface area contributed by atoms with Crippen molar-refractivity contribution in [2.24, 2.45) is 0 Å². The van der Waals surface area contributed by atoms with E-state index in [4.69, 9.17) is 14.9 Å². The summed E-state index contributed by atoms with van der Waals surface area (Å²) in [5.74, 6) is 1.35. The third-order valence-corrected chi connectivity index (χ3v) is 2.98. The molecule has 1 heterocycles. The molecule has 3 rings (SSSR count). The summed E-state index contributed by atoms with van der Waals surface area (Å²) in [5.41, 5.74) is 1.23. The van der Waals surface area contributed by atoms with Crippen LogP contribution in [-0.4, -0.2) is 29.0 Å². The highest BCUT2D eigenvalue weighted by molar-refractivity contribution is 5.63. The van der Waals surface area contributed by atoms with Crippen LogP contribution in [0, 0.1) is 0 Å². The Morgan fingerprint density at radius 1 is 1.26 bits per heavy atom. The molecule has 0 aromatic heterocycles. The van der Waals surface area contributed by atoms with Crippen LogP contribution in [0.2, 0.25) is 0 Å². The fourth-order valence-corrected chi connectivity index (χ4v) is 1.80. The SMILES string of the molecule is CC1(C)CC=C2C=CC=C2O1.CNC(=O)O.Oc1ccccc1. The van der Waals surface area contributed by atoms with Gasteiger partial charge in [0, 0.05) is 19.0 Å². The number of phenols is 1. The lowest BCUT2D eigenvalue weighted by Crippen LogP contribution is -2.26. The molecule has 1 aromatic carbocycles. The number of allylic oxidation sites excluding steroid dienone is 3. The molecule has 0 atom stereocenters. The zero-order chi connectivity index (χ0) is 17.3. The Hall–Kier alpha value is -2.69. The van der Waals surface area contributed by atoms with Crippen molar-refractivity contribution >= 4 is 6.09 Å². The molecule has 124 valence electrons. The van der Waals surface area contributed by atoms with Crippen LogP contribution >= 0.6 is 0 Å². The Kier molecular flexibility index (Phi) is 6.93. The predicted molar refractivity (Wildman–Crippen MR) is 90.3 cm³/mol. The maximum atomic E-state index is 9.26. The third kappa shape index (κ3) is 7.22. The second-order valence-electron chi connectivity index (χ2n) is 5.51. The third-order valence-electron chi connectivity index (χ3n) is 2.98. The lowest BCUT2D eigenvalue weighted by molar-refractivity contribution is 0.0362. The molecule has 23 heavy (non-hydrogen) atoms. The average molecular weight is 317 g/mol. The molecule has 0 spiro atoms. The maximum absolute atomic E-state index is 9.26. The summed E-state index contributed by atoms with van der Waals surface area (Å²) in [4.78, 5) is 9.26. The first-order valence-corrected chi connectivity index (χ1v) is 7.26. The van der Waals surface area contributed by atoms with Crippen LogP contribution in [0.3, 0.4) is 0 Å². The molecule has 3 N–H and O–H groups in total. The molecular weight excluding hydrogens is 294 g/mol. The van der Waals surface area contributed by atoms with Gasteiger partial charge in [0.1, 0.15) is 17.1 Å². The van der Waals surface area contributed by atoms with E-state index in [-0.39, 0.29) is 5.60 Å². The monoisotopic (exact) mass is 317 g/mol. The van der Waals surface area contributed by atoms with Crippen molar-refractivity contribution < 1.29 is 19.7 Å². The molecule has 1 aromatic rings. The van der Waals surface area contributed by atoms with Gasteiger partial charge in [0.25, 0.3) is 0 Å². The van der Waals surface area contributed by atoms with Crippen LogP contribution in [0.4, 0.5) is 4.79 Å². The quantitative estimate of drug-likeness (QED) is 0.679. The van der Waals surface area contributed by atoms with Gasteiger partial charge in [-0.15, -0.1) is 0 Å². The van der Waals surface area contributed by atoms with Gasteiger partial charge in [-0.25, -0.2) is 4.79 Å². The summed E-state index contributed by atoms with van der Waals surface area (Å²) in [6.45, 7) is 4.22. The van der Waals surface area contributed by atoms with Gasteiger partial charge in [-0.05, 0) is 32.1 Å². The van der Waals surface area contributed by atoms with Gasteiger partial charge in [0.15, 0.2) is 0 Å². The smallest absolute Gasteiger partial charge is 0.404 e. The van der Waals surface area contributed by atoms with E-state index in [2.05, 4.69) is 26.0 Å². The van der Waals surface area contributed by atoms with Crippen LogP contribution < -0.4 is 5.32 Å². The molecule has 5 heteroatoms. The van der Waals surface area contributed by atoms with E-state index < -0.39 is 6.09 Å². The molecule has 0 saturated carbocycles. The minimum absolute atomic E-state index is 0.0125. The second-order valence-corrected chi connectivity index (χ2v) is 5.51. The number of amides is 1. The number of carboxylic acid groups (broad SMARTS) is 1. The Morgan fingerprint density at radius 3 is 2.35 bits per heavy atom. The molecule has 1 aliphatic heterocycles. The summed E-state index contributed by atoms with van der Waals surface area (Å²) < 4.78 is 5.73. The second kappa shape index (κ2) is 8.68. The summed E-state index contributed by atoms with van der Waals surface area (Å²) in [6.07, 6.45) is 8.38. The van der Waals surface area contributed by atoms with Gasteiger partial charge < -0.3 is 20.3 Å². The zero-order valence-electron chi connectivity index (χ0n) is 13.6. The normalized spacial score (nSPS) is 16.1. The first-order chi connectivity index (χ1) is 10.8. The van der Waals surface area contributed by atoms with Gasteiger partial charge in [-0.2, -0.15) is 0 Å². The number of para-hydroxylation sites is 1. The zero-order valence-corrected chi connectivity index (χ0v) is 13.6. The molecular formula is C18H23NO4. The van der Waals surface area contributed by atoms with Crippen molar-refractivity contribution in [3.8, 4) is 5.75 Å². The molecule has 1 aliphatic carbocycles. The molecule has 5 nitrogen and oxygen atoms in total. The topological polar surface area (TPSA) is 78.8 Å². The van der Waals surface area contributed by atoms with E-state index in [0.717, 1.165) is 12.2 Å². The highest BCUT2D eigenvalue weighted by atomic mass is 16.5. The lowest BCUT2D eigenvalue weighted by Gasteiger charge is -2.30. The van der Waals surface area contributed by atoms with E-state index in [9.17, 15) is 4.79 Å². The van der Waals surface area contributed by atoms with Crippen LogP contribution in [0.1, 0.15) is 20.3 Å². The standard InChI is InChI=1S/C10H12O.C6H6O.C2H5NO2/c1-10(2)7-6-8-4-3-5-9(8)11-10;7-6-4-2-1-3-5-6;1-3-2(4)5/h3-6H,7H2,1-2H3;1-5,7H;3H,1H3,(H,4,5). The highest BCUT2D eigenvalue weighted by Crippen LogP contribution is 2.32. The molecule has 0 bridgehead atoms. The number of carbonyl (C=O) groups is 1. The number of fused-ring (bicyclic) bond motifs is 1. The first kappa shape index (κ1) is 18.4. The Morgan fingerprint density at radius 2 is 1.87 bits per heavy atom. The minimum Gasteiger partial charge on any atom is -0.508 e. The van der Waals surface area contributed by atoms with Crippen LogP contribution in [0.15, 0.2) is 66.0 Å². The van der Waals surface area contributed by atoms with Gasteiger partial charge in [-0.1, -0.05) is 36.4 Å².